The minimum Gasteiger partial charge on any atom is -0.508 e. The zero-order valence-electron chi connectivity index (χ0n) is 72.2. The van der Waals surface area contributed by atoms with Crippen molar-refractivity contribution in [1.82, 2.24) is 75.7 Å². The Morgan fingerprint density at radius 1 is 0.415 bits per heavy atom. The van der Waals surface area contributed by atoms with Gasteiger partial charge in [0, 0.05) is 65.1 Å². The van der Waals surface area contributed by atoms with E-state index in [2.05, 4.69) is 85.9 Å². The number of aliphatic hydroxyl groups excluding tert-OH is 2. The molecule has 0 radical (unpaired) electrons. The van der Waals surface area contributed by atoms with E-state index in [-0.39, 0.29) is 112 Å². The molecule has 0 fully saturated rings. The van der Waals surface area contributed by atoms with Crippen molar-refractivity contribution in [2.45, 2.75) is 104 Å². The first-order valence-electron chi connectivity index (χ1n) is 42.2. The molecule has 0 bridgehead atoms. The summed E-state index contributed by atoms with van der Waals surface area (Å²) in [5.74, 6) is -11.0. The molecule has 10 N–H and O–H groups in total. The van der Waals surface area contributed by atoms with Crippen molar-refractivity contribution in [3.05, 3.63) is 382 Å². The molecule has 36 heteroatoms. The number of amides is 8. The van der Waals surface area contributed by atoms with Gasteiger partial charge in [-0.25, -0.2) is 54.8 Å². The van der Waals surface area contributed by atoms with Crippen LogP contribution in [0.15, 0.2) is 213 Å². The first-order valence-corrected chi connectivity index (χ1v) is 43.4. The van der Waals surface area contributed by atoms with E-state index in [9.17, 15) is 79.7 Å². The Balaban J connectivity index is 0.000000147. The maximum atomic E-state index is 13.8. The smallest absolute Gasteiger partial charge is 0.270 e. The third kappa shape index (κ3) is 19.4. The SMILES string of the molecule is C=C(O)c1ccc2c(c1C)CCC2NC(=O)c1cc(C(=O)NCc2ccc(F)c(F)c2)nc2c(C(=O)Nc3ccccc3Cl)cnn12.C=C(O)c1ccc2c(c1C)CC[C@@H]2NC(=O)c1cc(C(=O)NCc2ccc(F)c(F)c2)nc2c(-c3cccs3)cnn12.CC(=O)c1ccc2c(c1C)CC[C@@H]2NC(=O)c1cc(C(=O)NCc2ccc(F)c(F)c2)nc2c(C(=O)Nc3ccccc3)cnn12. The van der Waals surface area contributed by atoms with Crippen LogP contribution in [-0.4, -0.2) is 107 Å². The van der Waals surface area contributed by atoms with Crippen molar-refractivity contribution >= 4 is 116 Å². The van der Waals surface area contributed by atoms with Crippen molar-refractivity contribution in [3.63, 3.8) is 0 Å². The van der Waals surface area contributed by atoms with Gasteiger partial charge in [-0.1, -0.05) is 116 Å². The Kier molecular flexibility index (Phi) is 26.6. The summed E-state index contributed by atoms with van der Waals surface area (Å²) in [5.41, 5.74) is 12.7. The number of aromatic nitrogens is 9. The highest BCUT2D eigenvalue weighted by Gasteiger charge is 2.35. The number of carbonyl (C=O) groups excluding carboxylic acids is 9. The average molecular weight is 1870 g/mol. The van der Waals surface area contributed by atoms with Gasteiger partial charge < -0.3 is 52.7 Å². The maximum Gasteiger partial charge on any atom is 0.270 e. The van der Waals surface area contributed by atoms with Crippen molar-refractivity contribution in [3.8, 4) is 10.4 Å². The largest absolute Gasteiger partial charge is 0.508 e. The van der Waals surface area contributed by atoms with Crippen LogP contribution in [0.1, 0.15) is 216 Å². The molecule has 15 aromatic rings. The summed E-state index contributed by atoms with van der Waals surface area (Å²) in [5, 5.41) is 57.4. The number of nitrogens with zero attached hydrogens (tertiary/aromatic N) is 9. The molecule has 3 aliphatic rings. The Morgan fingerprint density at radius 3 is 1.19 bits per heavy atom. The minimum atomic E-state index is -1.06. The average Bonchev–Trinajstić information content (AvgIpc) is 1.64. The van der Waals surface area contributed by atoms with Gasteiger partial charge in [0.2, 0.25) is 0 Å². The van der Waals surface area contributed by atoms with E-state index in [1.807, 2.05) is 56.5 Å². The third-order valence-corrected chi connectivity index (χ3v) is 24.8. The number of ketones is 1. The minimum absolute atomic E-state index is 0.00226. The highest BCUT2D eigenvalue weighted by molar-refractivity contribution is 7.13. The monoisotopic (exact) mass is 1860 g/mol. The molecular weight excluding hydrogens is 1780 g/mol. The number of nitrogens with one attached hydrogen (secondary N) is 8. The van der Waals surface area contributed by atoms with Crippen LogP contribution in [0.5, 0.6) is 0 Å². The van der Waals surface area contributed by atoms with Crippen LogP contribution in [0.25, 0.3) is 38.9 Å². The number of fused-ring (bicyclic) bond motifs is 6. The molecule has 0 aliphatic heterocycles. The van der Waals surface area contributed by atoms with Gasteiger partial charge in [-0.15, -0.1) is 11.3 Å². The predicted octanol–water partition coefficient (Wildman–Crippen LogP) is 17.1. The van der Waals surface area contributed by atoms with Gasteiger partial charge in [0.1, 0.15) is 56.8 Å². The summed E-state index contributed by atoms with van der Waals surface area (Å²) in [4.78, 5) is 134. The number of thiophene rings is 1. The lowest BCUT2D eigenvalue weighted by Gasteiger charge is -2.17. The molecule has 8 aromatic carbocycles. The van der Waals surface area contributed by atoms with Crippen LogP contribution in [0.3, 0.4) is 0 Å². The number of Topliss-reactive ketones (excluding diaryl/α,β-unsaturated/α-hetero) is 1. The molecular formula is C99H80ClF6N17O11S. The van der Waals surface area contributed by atoms with Crippen LogP contribution in [0.2, 0.25) is 5.02 Å². The van der Waals surface area contributed by atoms with Crippen LogP contribution >= 0.6 is 22.9 Å². The van der Waals surface area contributed by atoms with Gasteiger partial charge in [0.15, 0.2) is 57.6 Å². The van der Waals surface area contributed by atoms with Crippen LogP contribution < -0.4 is 42.5 Å². The number of hydrogen-bond donors (Lipinski definition) is 10. The van der Waals surface area contributed by atoms with Crippen LogP contribution in [-0.2, 0) is 38.9 Å². The number of carbonyl (C=O) groups is 9. The lowest BCUT2D eigenvalue weighted by atomic mass is 9.96. The standard InChI is InChI=1S/C34H27ClF2N6O4.C34H28F2N6O4.C31H25F2N5O3S/c1-17-20(18(2)44)8-9-22-21(17)10-12-27(22)41-34(47)30-14-29(33(46)38-15-19-7-11-25(36)26(37)13-19)40-31-23(16-39-43(30)31)32(45)42-28-6-4-3-5-24(28)35;1-18-22(19(2)43)9-10-24-23(18)11-13-28(24)41-34(46)30-15-29(33(45)37-16-20-8-12-26(35)27(36)14-20)40-31-25(17-38-42(30)31)32(44)39-21-6-4-3-5-7-21;1-16-19(17(2)39)6-7-21-20(16)8-10-25(21)37-31(41)27-13-26(30(40)34-14-18-5-9-23(32)24(33)12-18)36-29-22(15-35-38(27)29)28-4-3-11-42-28/h3-9,11,13-14,16,27,44H,2,10,12,15H2,1H3,(H,38,46)(H,41,47)(H,42,45);3-10,12,14-15,17,28H,11,13,16H2,1-2H3,(H,37,45)(H,39,44)(H,41,46);3-7,9,11-13,15,25,39H,2,8,10,14H2,1H3,(H,34,40)(H,37,41)/t;28-;25-/m.00/s1. The summed E-state index contributed by atoms with van der Waals surface area (Å²) in [6, 6.07) is 42.7. The number of hydrogen-bond acceptors (Lipinski definition) is 18. The Hall–Kier alpha value is -16.3. The summed E-state index contributed by atoms with van der Waals surface area (Å²) in [6.07, 6.45) is 7.99. The third-order valence-electron chi connectivity index (χ3n) is 23.5. The molecule has 3 aliphatic carbocycles. The van der Waals surface area contributed by atoms with Gasteiger partial charge in [-0.05, 0) is 205 Å². The summed E-state index contributed by atoms with van der Waals surface area (Å²) < 4.78 is 85.0. The molecule has 0 spiro atoms. The van der Waals surface area contributed by atoms with E-state index < -0.39 is 82.2 Å². The van der Waals surface area contributed by atoms with E-state index >= 15 is 0 Å². The fourth-order valence-corrected chi connectivity index (χ4v) is 17.6. The number of halogens is 7. The molecule has 7 heterocycles. The molecule has 28 nitrogen and oxygen atoms in total. The second-order valence-corrected chi connectivity index (χ2v) is 33.4. The summed E-state index contributed by atoms with van der Waals surface area (Å²) in [7, 11) is 0. The summed E-state index contributed by atoms with van der Waals surface area (Å²) in [6.45, 7) is 14.1. The molecule has 0 saturated heterocycles. The van der Waals surface area contributed by atoms with E-state index in [1.54, 1.807) is 79.0 Å². The number of rotatable bonds is 23. The lowest BCUT2D eigenvalue weighted by molar-refractivity contribution is 0.0916. The van der Waals surface area contributed by atoms with Crippen molar-refractivity contribution < 1.29 is 79.7 Å². The molecule has 1 unspecified atom stereocenters. The van der Waals surface area contributed by atoms with Crippen molar-refractivity contribution in [2.75, 3.05) is 10.6 Å². The van der Waals surface area contributed by atoms with Gasteiger partial charge >= 0.3 is 0 Å². The van der Waals surface area contributed by atoms with Gasteiger partial charge in [-0.3, -0.25) is 43.2 Å². The molecule has 0 saturated carbocycles. The van der Waals surface area contributed by atoms with E-state index in [1.165, 1.54) is 80.6 Å². The van der Waals surface area contributed by atoms with Crippen LogP contribution in [0, 0.1) is 55.7 Å². The molecule has 18 rings (SSSR count). The molecule has 8 amide bonds. The number of benzene rings is 8. The Bertz CT molecular complexity index is 7410. The Labute approximate surface area is 773 Å². The Morgan fingerprint density at radius 2 is 0.793 bits per heavy atom. The second kappa shape index (κ2) is 39.0. The van der Waals surface area contributed by atoms with Gasteiger partial charge in [-0.2, -0.15) is 15.3 Å². The van der Waals surface area contributed by atoms with Crippen LogP contribution in [0.4, 0.5) is 37.7 Å². The number of aliphatic hydroxyl groups is 2. The molecule has 135 heavy (non-hydrogen) atoms. The lowest BCUT2D eigenvalue weighted by Crippen LogP contribution is -2.31. The normalized spacial score (nSPS) is 13.8. The molecule has 7 aromatic heterocycles. The van der Waals surface area contributed by atoms with Gasteiger partial charge in [0.25, 0.3) is 47.3 Å². The number of anilines is 2. The van der Waals surface area contributed by atoms with E-state index in [0.29, 0.717) is 93.1 Å². The molecule has 3 atom stereocenters. The summed E-state index contributed by atoms with van der Waals surface area (Å²) >= 11 is 7.69. The number of para-hydroxylation sites is 2. The van der Waals surface area contributed by atoms with Gasteiger partial charge in [0.05, 0.1) is 53.0 Å². The quantitative estimate of drug-likeness (QED) is 0.0162. The first-order chi connectivity index (χ1) is 64.8. The van der Waals surface area contributed by atoms with E-state index in [4.69, 9.17) is 11.6 Å². The second-order valence-electron chi connectivity index (χ2n) is 32.0. The fraction of sp³-hybridized carbons (Fsp3) is 0.162. The topological polar surface area (TPSA) is 381 Å². The zero-order valence-corrected chi connectivity index (χ0v) is 73.8. The predicted molar refractivity (Wildman–Crippen MR) is 491 cm³/mol. The first kappa shape index (κ1) is 92.0. The highest BCUT2D eigenvalue weighted by atomic mass is 35.5. The maximum absolute atomic E-state index is 13.8. The fourth-order valence-electron chi connectivity index (χ4n) is 16.7. The highest BCUT2D eigenvalue weighted by Crippen LogP contribution is 2.40. The van der Waals surface area contributed by atoms with Crippen molar-refractivity contribution in [1.29, 1.82) is 0 Å². The molecule has 682 valence electrons. The van der Waals surface area contributed by atoms with Crippen molar-refractivity contribution in [2.24, 2.45) is 0 Å². The van der Waals surface area contributed by atoms with E-state index in [0.717, 1.165) is 97.8 Å². The zero-order chi connectivity index (χ0) is 95.5.